The molecule has 1 aliphatic heterocycles. The fraction of sp³-hybridized carbons (Fsp3) is 0.500. The van der Waals surface area contributed by atoms with Crippen LogP contribution in [0.2, 0.25) is 0 Å². The average molecular weight is 439 g/mol. The molecule has 1 heterocycles. The fourth-order valence-corrected chi connectivity index (χ4v) is 4.83. The summed E-state index contributed by atoms with van der Waals surface area (Å²) in [5.74, 6) is -1.59. The Morgan fingerprint density at radius 2 is 1.87 bits per heavy atom. The molecule has 1 aliphatic rings. The summed E-state index contributed by atoms with van der Waals surface area (Å²) >= 11 is 1.46. The van der Waals surface area contributed by atoms with Crippen molar-refractivity contribution in [3.63, 3.8) is 0 Å². The van der Waals surface area contributed by atoms with Gasteiger partial charge in [0.1, 0.15) is 6.10 Å². The lowest BCUT2D eigenvalue weighted by Crippen LogP contribution is -2.51. The number of carbonyl (C=O) groups excluding carboxylic acids is 4. The molecule has 0 radical (unpaired) electrons. The number of benzene rings is 1. The lowest BCUT2D eigenvalue weighted by molar-refractivity contribution is -0.158. The van der Waals surface area contributed by atoms with Gasteiger partial charge < -0.3 is 20.0 Å². The van der Waals surface area contributed by atoms with Gasteiger partial charge in [-0.05, 0) is 25.0 Å². The molecule has 30 heavy (non-hydrogen) atoms. The van der Waals surface area contributed by atoms with E-state index >= 15 is 0 Å². The van der Waals surface area contributed by atoms with Crippen LogP contribution in [-0.2, 0) is 23.9 Å². The molecule has 2 rings (SSSR count). The molecule has 1 aromatic rings. The van der Waals surface area contributed by atoms with Gasteiger partial charge in [-0.1, -0.05) is 18.2 Å². The molecular weight excluding hydrogens is 412 g/mol. The van der Waals surface area contributed by atoms with Crippen LogP contribution in [0, 0.1) is 0 Å². The zero-order chi connectivity index (χ0) is 22.1. The minimum absolute atomic E-state index is 0.0154. The molecule has 0 bridgehead atoms. The standard InChI is InChI=1S/C20H26N2O7S/c1-12(23)28-17(25)10-6-9-15(22-27)19-18(29-13(2)24)16(11-30-19)21-20(26)14-7-4-3-5-8-14/h3-5,7-8,15-16,18-19,22,27H,6,9-11H2,1-2H3,(H,21,26). The number of hydrogen-bond donors (Lipinski definition) is 3. The van der Waals surface area contributed by atoms with Gasteiger partial charge in [-0.15, -0.1) is 0 Å². The number of esters is 3. The highest BCUT2D eigenvalue weighted by Gasteiger charge is 2.44. The van der Waals surface area contributed by atoms with Crippen molar-refractivity contribution in [1.82, 2.24) is 10.8 Å². The average Bonchev–Trinajstić information content (AvgIpc) is 3.06. The number of carbonyl (C=O) groups is 4. The third-order valence-electron chi connectivity index (χ3n) is 4.56. The summed E-state index contributed by atoms with van der Waals surface area (Å²) in [6.07, 6.45) is 0.0868. The molecular formula is C20H26N2O7S. The normalized spacial score (nSPS) is 21.5. The largest absolute Gasteiger partial charge is 0.459 e. The third kappa shape index (κ3) is 7.12. The molecule has 1 amide bonds. The Balaban J connectivity index is 2.00. The Labute approximate surface area is 178 Å². The Hall–Kier alpha value is -2.43. The highest BCUT2D eigenvalue weighted by atomic mass is 32.2. The van der Waals surface area contributed by atoms with Crippen molar-refractivity contribution in [2.75, 3.05) is 5.75 Å². The smallest absolute Gasteiger partial charge is 0.313 e. The van der Waals surface area contributed by atoms with Gasteiger partial charge >= 0.3 is 17.9 Å². The van der Waals surface area contributed by atoms with E-state index in [-0.39, 0.29) is 17.6 Å². The van der Waals surface area contributed by atoms with Gasteiger partial charge in [0.25, 0.3) is 5.91 Å². The number of rotatable bonds is 9. The third-order valence-corrected chi connectivity index (χ3v) is 6.09. The molecule has 9 nitrogen and oxygen atoms in total. The zero-order valence-electron chi connectivity index (χ0n) is 16.8. The van der Waals surface area contributed by atoms with Gasteiger partial charge in [0.2, 0.25) is 0 Å². The summed E-state index contributed by atoms with van der Waals surface area (Å²) in [7, 11) is 0. The first kappa shape index (κ1) is 23.8. The van der Waals surface area contributed by atoms with Crippen LogP contribution in [0.4, 0.5) is 0 Å². The number of thioether (sulfide) groups is 1. The highest BCUT2D eigenvalue weighted by Crippen LogP contribution is 2.34. The summed E-state index contributed by atoms with van der Waals surface area (Å²) in [5, 5.41) is 12.2. The molecule has 1 saturated heterocycles. The van der Waals surface area contributed by atoms with Crippen LogP contribution in [0.15, 0.2) is 30.3 Å². The van der Waals surface area contributed by atoms with Crippen LogP contribution in [0.5, 0.6) is 0 Å². The molecule has 0 aromatic heterocycles. The second-order valence-electron chi connectivity index (χ2n) is 6.91. The minimum Gasteiger partial charge on any atom is -0.459 e. The van der Waals surface area contributed by atoms with Crippen molar-refractivity contribution in [1.29, 1.82) is 0 Å². The number of nitrogens with one attached hydrogen (secondary N) is 2. The fourth-order valence-electron chi connectivity index (χ4n) is 3.26. The first-order valence-electron chi connectivity index (χ1n) is 9.57. The topological polar surface area (TPSA) is 131 Å². The Kier molecular flexibility index (Phi) is 9.28. The van der Waals surface area contributed by atoms with Gasteiger partial charge in [-0.25, -0.2) is 5.48 Å². The maximum Gasteiger partial charge on any atom is 0.313 e. The van der Waals surface area contributed by atoms with Crippen LogP contribution >= 0.6 is 11.8 Å². The van der Waals surface area contributed by atoms with E-state index in [9.17, 15) is 24.4 Å². The Bertz CT molecular complexity index is 759. The molecule has 0 aliphatic carbocycles. The van der Waals surface area contributed by atoms with Gasteiger partial charge in [0.15, 0.2) is 0 Å². The minimum atomic E-state index is -0.671. The molecule has 164 valence electrons. The number of ether oxygens (including phenoxy) is 2. The molecule has 1 fully saturated rings. The lowest BCUT2D eigenvalue weighted by Gasteiger charge is -2.29. The zero-order valence-corrected chi connectivity index (χ0v) is 17.6. The highest BCUT2D eigenvalue weighted by molar-refractivity contribution is 8.00. The second kappa shape index (κ2) is 11.7. The van der Waals surface area contributed by atoms with Crippen molar-refractivity contribution in [3.05, 3.63) is 35.9 Å². The molecule has 4 atom stereocenters. The summed E-state index contributed by atoms with van der Waals surface area (Å²) in [4.78, 5) is 46.5. The Morgan fingerprint density at radius 1 is 1.17 bits per heavy atom. The SMILES string of the molecule is CC(=O)OC(=O)CCCC(NO)C1SCC(NC(=O)c2ccccc2)C1OC(C)=O. The predicted octanol–water partition coefficient (Wildman–Crippen LogP) is 1.44. The van der Waals surface area contributed by atoms with E-state index < -0.39 is 36.1 Å². The van der Waals surface area contributed by atoms with Crippen molar-refractivity contribution in [2.45, 2.75) is 56.5 Å². The van der Waals surface area contributed by atoms with Gasteiger partial charge in [0, 0.05) is 37.6 Å². The van der Waals surface area contributed by atoms with E-state index in [4.69, 9.17) is 4.74 Å². The monoisotopic (exact) mass is 438 g/mol. The van der Waals surface area contributed by atoms with E-state index in [0.29, 0.717) is 24.2 Å². The number of amides is 1. The number of hydrogen-bond acceptors (Lipinski definition) is 9. The molecule has 0 spiro atoms. The molecule has 4 unspecified atom stereocenters. The van der Waals surface area contributed by atoms with Gasteiger partial charge in [-0.2, -0.15) is 11.8 Å². The van der Waals surface area contributed by atoms with E-state index in [1.807, 2.05) is 6.07 Å². The van der Waals surface area contributed by atoms with E-state index in [2.05, 4.69) is 15.5 Å². The van der Waals surface area contributed by atoms with Gasteiger partial charge in [-0.3, -0.25) is 19.2 Å². The second-order valence-corrected chi connectivity index (χ2v) is 8.12. The predicted molar refractivity (Wildman–Crippen MR) is 109 cm³/mol. The first-order chi connectivity index (χ1) is 14.3. The van der Waals surface area contributed by atoms with Crippen LogP contribution in [0.1, 0.15) is 43.5 Å². The summed E-state index contributed by atoms with van der Waals surface area (Å²) in [6, 6.07) is 7.77. The van der Waals surface area contributed by atoms with Crippen LogP contribution in [0.25, 0.3) is 0 Å². The van der Waals surface area contributed by atoms with Crippen LogP contribution in [0.3, 0.4) is 0 Å². The van der Waals surface area contributed by atoms with Gasteiger partial charge in [0.05, 0.1) is 11.3 Å². The van der Waals surface area contributed by atoms with E-state index in [1.165, 1.54) is 18.7 Å². The molecule has 0 saturated carbocycles. The van der Waals surface area contributed by atoms with Crippen molar-refractivity contribution in [3.8, 4) is 0 Å². The Morgan fingerprint density at radius 3 is 2.47 bits per heavy atom. The summed E-state index contributed by atoms with van der Waals surface area (Å²) < 4.78 is 9.96. The van der Waals surface area contributed by atoms with Crippen LogP contribution < -0.4 is 10.8 Å². The molecule has 10 heteroatoms. The number of hydroxylamine groups is 1. The van der Waals surface area contributed by atoms with Crippen molar-refractivity contribution >= 4 is 35.6 Å². The van der Waals surface area contributed by atoms with Crippen molar-refractivity contribution in [2.24, 2.45) is 0 Å². The quantitative estimate of drug-likeness (QED) is 0.298. The lowest BCUT2D eigenvalue weighted by atomic mass is 9.99. The van der Waals surface area contributed by atoms with Crippen molar-refractivity contribution < 1.29 is 33.9 Å². The van der Waals surface area contributed by atoms with E-state index in [0.717, 1.165) is 6.92 Å². The van der Waals surface area contributed by atoms with Crippen LogP contribution in [-0.4, -0.2) is 58.2 Å². The van der Waals surface area contributed by atoms with E-state index in [1.54, 1.807) is 24.3 Å². The molecule has 3 N–H and O–H groups in total. The maximum atomic E-state index is 12.5. The summed E-state index contributed by atoms with van der Waals surface area (Å²) in [5.41, 5.74) is 2.72. The molecule has 1 aromatic carbocycles. The maximum absolute atomic E-state index is 12.5. The summed E-state index contributed by atoms with van der Waals surface area (Å²) in [6.45, 7) is 2.44. The first-order valence-corrected chi connectivity index (χ1v) is 10.6.